The van der Waals surface area contributed by atoms with Crippen LogP contribution in [-0.4, -0.2) is 63.7 Å². The van der Waals surface area contributed by atoms with Gasteiger partial charge in [0.2, 0.25) is 5.91 Å². The van der Waals surface area contributed by atoms with Gasteiger partial charge in [-0.05, 0) is 17.9 Å². The number of carbonyl (C=O) groups excluding carboxylic acids is 2. The number of rotatable bonds is 6. The number of halogens is 6. The van der Waals surface area contributed by atoms with E-state index >= 15 is 0 Å². The highest BCUT2D eigenvalue weighted by molar-refractivity contribution is 5.92. The molecular weight excluding hydrogens is 446 g/mol. The van der Waals surface area contributed by atoms with Gasteiger partial charge in [-0.15, -0.1) is 0 Å². The molecule has 0 radical (unpaired) electrons. The van der Waals surface area contributed by atoms with Gasteiger partial charge >= 0.3 is 24.2 Å². The molecule has 1 saturated heterocycles. The molecule has 178 valence electrons. The SMILES string of the molecule is CC(C)[C@@H](C(=O)N1C[C@H](C(F)(F)F)C[C@H]1C(=O)O)N(Cc1ccccc1)C(=O)C(F)(F)F. The number of aliphatic carboxylic acids is 1. The molecule has 1 N–H and O–H groups in total. The molecule has 2 amide bonds. The van der Waals surface area contributed by atoms with E-state index in [2.05, 4.69) is 0 Å². The lowest BCUT2D eigenvalue weighted by Gasteiger charge is -2.37. The van der Waals surface area contributed by atoms with Crippen LogP contribution in [0, 0.1) is 11.8 Å². The Balaban J connectivity index is 2.47. The minimum Gasteiger partial charge on any atom is -0.480 e. The van der Waals surface area contributed by atoms with Crippen molar-refractivity contribution in [1.82, 2.24) is 9.80 Å². The van der Waals surface area contributed by atoms with Crippen LogP contribution in [-0.2, 0) is 20.9 Å². The van der Waals surface area contributed by atoms with E-state index in [1.807, 2.05) is 0 Å². The van der Waals surface area contributed by atoms with Crippen LogP contribution in [0.25, 0.3) is 0 Å². The number of benzene rings is 1. The summed E-state index contributed by atoms with van der Waals surface area (Å²) in [6.07, 6.45) is -11.1. The molecule has 12 heteroatoms. The summed E-state index contributed by atoms with van der Waals surface area (Å²) < 4.78 is 79.5. The van der Waals surface area contributed by atoms with Crippen molar-refractivity contribution in [3.8, 4) is 0 Å². The Kier molecular flexibility index (Phi) is 7.46. The third kappa shape index (κ3) is 5.71. The normalized spacial score (nSPS) is 20.3. The van der Waals surface area contributed by atoms with Gasteiger partial charge in [0, 0.05) is 13.1 Å². The average molecular weight is 468 g/mol. The topological polar surface area (TPSA) is 77.9 Å². The van der Waals surface area contributed by atoms with Crippen molar-refractivity contribution in [1.29, 1.82) is 0 Å². The molecule has 0 saturated carbocycles. The minimum atomic E-state index is -5.35. The summed E-state index contributed by atoms with van der Waals surface area (Å²) in [7, 11) is 0. The highest BCUT2D eigenvalue weighted by Crippen LogP contribution is 2.38. The van der Waals surface area contributed by atoms with Crippen LogP contribution in [0.15, 0.2) is 30.3 Å². The fourth-order valence-corrected chi connectivity index (χ4v) is 3.74. The van der Waals surface area contributed by atoms with E-state index < -0.39 is 73.6 Å². The van der Waals surface area contributed by atoms with Gasteiger partial charge in [0.25, 0.3) is 0 Å². The quantitative estimate of drug-likeness (QED) is 0.649. The molecule has 0 bridgehead atoms. The number of nitrogens with zero attached hydrogens (tertiary/aromatic N) is 2. The van der Waals surface area contributed by atoms with Crippen LogP contribution in [0.3, 0.4) is 0 Å². The Bertz CT molecular complexity index is 841. The standard InChI is InChI=1S/C20H22F6N2O4/c1-11(2)15(16(29)27-10-13(19(21,22)23)8-14(27)17(30)31)28(18(32)20(24,25)26)9-12-6-4-3-5-7-12/h3-7,11,13-15H,8-10H2,1-2H3,(H,30,31)/t13-,14+,15+/m1/s1. The van der Waals surface area contributed by atoms with Gasteiger partial charge in [-0.25, -0.2) is 4.79 Å². The lowest BCUT2D eigenvalue weighted by molar-refractivity contribution is -0.191. The summed E-state index contributed by atoms with van der Waals surface area (Å²) >= 11 is 0. The fourth-order valence-electron chi connectivity index (χ4n) is 3.74. The van der Waals surface area contributed by atoms with Crippen LogP contribution in [0.5, 0.6) is 0 Å². The first kappa shape index (κ1) is 25.5. The van der Waals surface area contributed by atoms with Crippen molar-refractivity contribution < 1.29 is 45.8 Å². The van der Waals surface area contributed by atoms with Crippen molar-refractivity contribution in [3.63, 3.8) is 0 Å². The average Bonchev–Trinajstić information content (AvgIpc) is 3.13. The first-order chi connectivity index (χ1) is 14.6. The summed E-state index contributed by atoms with van der Waals surface area (Å²) in [4.78, 5) is 37.6. The largest absolute Gasteiger partial charge is 0.480 e. The van der Waals surface area contributed by atoms with Gasteiger partial charge in [-0.3, -0.25) is 9.59 Å². The molecule has 6 nitrogen and oxygen atoms in total. The third-order valence-corrected chi connectivity index (χ3v) is 5.25. The Hall–Kier alpha value is -2.79. The molecule has 0 aromatic heterocycles. The van der Waals surface area contributed by atoms with E-state index in [0.29, 0.717) is 4.90 Å². The van der Waals surface area contributed by atoms with Gasteiger partial charge in [0.15, 0.2) is 0 Å². The predicted octanol–water partition coefficient (Wildman–Crippen LogP) is 3.47. The minimum absolute atomic E-state index is 0.252. The molecule has 1 heterocycles. The smallest absolute Gasteiger partial charge is 0.471 e. The molecule has 1 aromatic rings. The highest BCUT2D eigenvalue weighted by Gasteiger charge is 2.54. The first-order valence-electron chi connectivity index (χ1n) is 9.66. The number of likely N-dealkylation sites (tertiary alicyclic amines) is 1. The Morgan fingerprint density at radius 3 is 2.09 bits per heavy atom. The second-order valence-electron chi connectivity index (χ2n) is 7.92. The second-order valence-corrected chi connectivity index (χ2v) is 7.92. The predicted molar refractivity (Wildman–Crippen MR) is 99.0 cm³/mol. The summed E-state index contributed by atoms with van der Waals surface area (Å²) in [6, 6.07) is 3.76. The second kappa shape index (κ2) is 9.37. The van der Waals surface area contributed by atoms with Crippen molar-refractivity contribution in [2.75, 3.05) is 6.54 Å². The van der Waals surface area contributed by atoms with Crippen molar-refractivity contribution in [3.05, 3.63) is 35.9 Å². The molecule has 1 aromatic carbocycles. The summed E-state index contributed by atoms with van der Waals surface area (Å²) in [5.74, 6) is -8.40. The van der Waals surface area contributed by atoms with Gasteiger partial charge < -0.3 is 14.9 Å². The van der Waals surface area contributed by atoms with Crippen molar-refractivity contribution in [2.24, 2.45) is 11.8 Å². The van der Waals surface area contributed by atoms with Crippen molar-refractivity contribution >= 4 is 17.8 Å². The van der Waals surface area contributed by atoms with Gasteiger partial charge in [0.05, 0.1) is 5.92 Å². The lowest BCUT2D eigenvalue weighted by Crippen LogP contribution is -2.57. The first-order valence-corrected chi connectivity index (χ1v) is 9.66. The zero-order chi connectivity index (χ0) is 24.4. The number of carbonyl (C=O) groups is 3. The highest BCUT2D eigenvalue weighted by atomic mass is 19.4. The third-order valence-electron chi connectivity index (χ3n) is 5.25. The molecule has 1 fully saturated rings. The van der Waals surface area contributed by atoms with E-state index in [0.717, 1.165) is 0 Å². The molecular formula is C20H22F6N2O4. The van der Waals surface area contributed by atoms with Crippen LogP contribution < -0.4 is 0 Å². The Labute approximate surface area is 179 Å². The number of carboxylic acid groups (broad SMARTS) is 1. The van der Waals surface area contributed by atoms with Crippen LogP contribution in [0.4, 0.5) is 26.3 Å². The summed E-state index contributed by atoms with van der Waals surface area (Å²) in [5.41, 5.74) is 0.257. The molecule has 1 aliphatic rings. The summed E-state index contributed by atoms with van der Waals surface area (Å²) in [6.45, 7) is 1.01. The number of amides is 2. The molecule has 3 atom stereocenters. The maximum absolute atomic E-state index is 13.3. The number of alkyl halides is 6. The van der Waals surface area contributed by atoms with Gasteiger partial charge in [-0.1, -0.05) is 44.2 Å². The molecule has 0 spiro atoms. The molecule has 1 aliphatic heterocycles. The van der Waals surface area contributed by atoms with E-state index in [1.54, 1.807) is 6.07 Å². The summed E-state index contributed by atoms with van der Waals surface area (Å²) in [5, 5.41) is 9.33. The number of hydrogen-bond acceptors (Lipinski definition) is 3. The van der Waals surface area contributed by atoms with Crippen LogP contribution in [0.2, 0.25) is 0 Å². The van der Waals surface area contributed by atoms with Gasteiger partial charge in [-0.2, -0.15) is 26.3 Å². The van der Waals surface area contributed by atoms with Crippen molar-refractivity contribution in [2.45, 2.75) is 51.2 Å². The number of hydrogen-bond donors (Lipinski definition) is 1. The molecule has 32 heavy (non-hydrogen) atoms. The Morgan fingerprint density at radius 2 is 1.66 bits per heavy atom. The monoisotopic (exact) mass is 468 g/mol. The van der Waals surface area contributed by atoms with Crippen LogP contribution >= 0.6 is 0 Å². The molecule has 2 rings (SSSR count). The van der Waals surface area contributed by atoms with E-state index in [9.17, 15) is 45.8 Å². The van der Waals surface area contributed by atoms with E-state index in [1.165, 1.54) is 38.1 Å². The maximum atomic E-state index is 13.3. The van der Waals surface area contributed by atoms with E-state index in [4.69, 9.17) is 0 Å². The number of carboxylic acids is 1. The molecule has 0 unspecified atom stereocenters. The Morgan fingerprint density at radius 1 is 1.09 bits per heavy atom. The molecule has 0 aliphatic carbocycles. The zero-order valence-electron chi connectivity index (χ0n) is 17.2. The van der Waals surface area contributed by atoms with Crippen LogP contribution in [0.1, 0.15) is 25.8 Å². The van der Waals surface area contributed by atoms with E-state index in [-0.39, 0.29) is 10.5 Å². The lowest BCUT2D eigenvalue weighted by atomic mass is 9.99. The zero-order valence-corrected chi connectivity index (χ0v) is 17.2. The van der Waals surface area contributed by atoms with Gasteiger partial charge in [0.1, 0.15) is 12.1 Å². The fraction of sp³-hybridized carbons (Fsp3) is 0.550. The maximum Gasteiger partial charge on any atom is 0.471 e.